The van der Waals surface area contributed by atoms with E-state index in [9.17, 15) is 5.11 Å². The van der Waals surface area contributed by atoms with Crippen molar-refractivity contribution in [1.29, 1.82) is 0 Å². The number of aliphatic hydroxyl groups excluding tert-OH is 1. The zero-order valence-corrected chi connectivity index (χ0v) is 13.2. The largest absolute Gasteiger partial charge is 0.490 e. The third-order valence-corrected chi connectivity index (χ3v) is 3.65. The number of nitrogens with one attached hydrogen (secondary N) is 2. The number of nitrogens with zero attached hydrogens (tertiary/aromatic N) is 2. The van der Waals surface area contributed by atoms with Gasteiger partial charge in [-0.1, -0.05) is 0 Å². The molecule has 0 atom stereocenters. The maximum Gasteiger partial charge on any atom is 0.191 e. The maximum absolute atomic E-state index is 9.55. The van der Waals surface area contributed by atoms with Crippen LogP contribution in [-0.2, 0) is 0 Å². The molecule has 1 aromatic rings. The molecule has 0 spiro atoms. The van der Waals surface area contributed by atoms with Gasteiger partial charge in [0, 0.05) is 18.8 Å². The molecule has 1 aliphatic carbocycles. The summed E-state index contributed by atoms with van der Waals surface area (Å²) in [5.41, 5.74) is 0. The van der Waals surface area contributed by atoms with Crippen molar-refractivity contribution >= 4 is 5.96 Å². The van der Waals surface area contributed by atoms with Gasteiger partial charge in [0.25, 0.3) is 0 Å². The molecule has 0 unspecified atom stereocenters. The SMILES string of the molecule is CCNC(=NCCOc1cccnc1)NC1CCC(O)CC1. The van der Waals surface area contributed by atoms with E-state index >= 15 is 0 Å². The van der Waals surface area contributed by atoms with Gasteiger partial charge in [0.05, 0.1) is 18.8 Å². The highest BCUT2D eigenvalue weighted by Crippen LogP contribution is 2.18. The maximum atomic E-state index is 9.55. The fourth-order valence-corrected chi connectivity index (χ4v) is 2.49. The van der Waals surface area contributed by atoms with Crippen LogP contribution in [0.3, 0.4) is 0 Å². The summed E-state index contributed by atoms with van der Waals surface area (Å²) in [6.45, 7) is 3.98. The molecule has 3 N–H and O–H groups in total. The van der Waals surface area contributed by atoms with Crippen LogP contribution in [0.15, 0.2) is 29.5 Å². The Labute approximate surface area is 132 Å². The van der Waals surface area contributed by atoms with Crippen LogP contribution in [0.2, 0.25) is 0 Å². The molecular formula is C16H26N4O2. The fraction of sp³-hybridized carbons (Fsp3) is 0.625. The Bertz CT molecular complexity index is 445. The molecule has 0 saturated heterocycles. The minimum Gasteiger partial charge on any atom is -0.490 e. The molecule has 0 aliphatic heterocycles. The summed E-state index contributed by atoms with van der Waals surface area (Å²) in [6, 6.07) is 4.12. The second kappa shape index (κ2) is 9.25. The summed E-state index contributed by atoms with van der Waals surface area (Å²) in [4.78, 5) is 8.53. The molecule has 1 heterocycles. The summed E-state index contributed by atoms with van der Waals surface area (Å²) >= 11 is 0. The summed E-state index contributed by atoms with van der Waals surface area (Å²) in [5.74, 6) is 1.58. The van der Waals surface area contributed by atoms with Crippen molar-refractivity contribution in [2.75, 3.05) is 19.7 Å². The molecule has 22 heavy (non-hydrogen) atoms. The molecule has 0 bridgehead atoms. The van der Waals surface area contributed by atoms with Gasteiger partial charge >= 0.3 is 0 Å². The lowest BCUT2D eigenvalue weighted by Gasteiger charge is -2.27. The molecule has 2 rings (SSSR count). The van der Waals surface area contributed by atoms with Gasteiger partial charge in [-0.15, -0.1) is 0 Å². The van der Waals surface area contributed by atoms with Gasteiger partial charge in [0.1, 0.15) is 12.4 Å². The second-order valence-electron chi connectivity index (χ2n) is 5.45. The van der Waals surface area contributed by atoms with Gasteiger partial charge in [-0.3, -0.25) is 4.98 Å². The summed E-state index contributed by atoms with van der Waals surface area (Å²) in [5, 5.41) is 16.2. The van der Waals surface area contributed by atoms with E-state index in [2.05, 4.69) is 20.6 Å². The number of aliphatic imine (C=N–C) groups is 1. The Hall–Kier alpha value is -1.82. The first kappa shape index (κ1) is 16.5. The Morgan fingerprint density at radius 1 is 1.41 bits per heavy atom. The second-order valence-corrected chi connectivity index (χ2v) is 5.45. The van der Waals surface area contributed by atoms with Gasteiger partial charge in [0.2, 0.25) is 0 Å². The van der Waals surface area contributed by atoms with Crippen molar-refractivity contribution in [1.82, 2.24) is 15.6 Å². The number of pyridine rings is 1. The number of ether oxygens (including phenoxy) is 1. The third-order valence-electron chi connectivity index (χ3n) is 3.65. The number of rotatable bonds is 6. The van der Waals surface area contributed by atoms with Crippen LogP contribution < -0.4 is 15.4 Å². The Balaban J connectivity index is 1.74. The lowest BCUT2D eigenvalue weighted by Crippen LogP contribution is -2.45. The number of aromatic nitrogens is 1. The van der Waals surface area contributed by atoms with E-state index in [1.807, 2.05) is 19.1 Å². The van der Waals surface area contributed by atoms with Gasteiger partial charge in [-0.25, -0.2) is 4.99 Å². The standard InChI is InChI=1S/C16H26N4O2/c1-2-18-16(20-13-5-7-14(21)8-6-13)19-10-11-22-15-4-3-9-17-12-15/h3-4,9,12-14,21H,2,5-8,10-11H2,1H3,(H2,18,19,20). The van der Waals surface area contributed by atoms with Crippen LogP contribution >= 0.6 is 0 Å². The first-order chi connectivity index (χ1) is 10.8. The first-order valence-electron chi connectivity index (χ1n) is 8.03. The highest BCUT2D eigenvalue weighted by molar-refractivity contribution is 5.80. The summed E-state index contributed by atoms with van der Waals surface area (Å²) in [7, 11) is 0. The molecule has 6 heteroatoms. The Kier molecular flexibility index (Phi) is 6.96. The van der Waals surface area contributed by atoms with Gasteiger partial charge in [-0.05, 0) is 44.7 Å². The molecule has 122 valence electrons. The predicted molar refractivity (Wildman–Crippen MR) is 87.1 cm³/mol. The third kappa shape index (κ3) is 5.89. The smallest absolute Gasteiger partial charge is 0.191 e. The highest BCUT2D eigenvalue weighted by Gasteiger charge is 2.19. The lowest BCUT2D eigenvalue weighted by molar-refractivity contribution is 0.120. The fourth-order valence-electron chi connectivity index (χ4n) is 2.49. The van der Waals surface area contributed by atoms with Gasteiger partial charge in [-0.2, -0.15) is 0 Å². The average molecular weight is 306 g/mol. The van der Waals surface area contributed by atoms with E-state index in [1.165, 1.54) is 0 Å². The van der Waals surface area contributed by atoms with E-state index in [-0.39, 0.29) is 6.10 Å². The first-order valence-corrected chi connectivity index (χ1v) is 8.03. The lowest BCUT2D eigenvalue weighted by atomic mass is 9.93. The normalized spacial score (nSPS) is 22.2. The minimum absolute atomic E-state index is 0.134. The van der Waals surface area contributed by atoms with Crippen LogP contribution in [0.1, 0.15) is 32.6 Å². The van der Waals surface area contributed by atoms with E-state index in [1.54, 1.807) is 12.4 Å². The molecule has 0 aromatic carbocycles. The highest BCUT2D eigenvalue weighted by atomic mass is 16.5. The quantitative estimate of drug-likeness (QED) is 0.420. The Morgan fingerprint density at radius 2 is 2.23 bits per heavy atom. The van der Waals surface area contributed by atoms with E-state index in [0.29, 0.717) is 19.2 Å². The van der Waals surface area contributed by atoms with Crippen LogP contribution in [0.25, 0.3) is 0 Å². The van der Waals surface area contributed by atoms with Crippen LogP contribution in [-0.4, -0.2) is 47.9 Å². The van der Waals surface area contributed by atoms with Crippen molar-refractivity contribution in [3.8, 4) is 5.75 Å². The molecule has 0 radical (unpaired) electrons. The average Bonchev–Trinajstić information content (AvgIpc) is 2.55. The van der Waals surface area contributed by atoms with Gasteiger partial charge in [0.15, 0.2) is 5.96 Å². The topological polar surface area (TPSA) is 78.8 Å². The Morgan fingerprint density at radius 3 is 2.91 bits per heavy atom. The molecule has 6 nitrogen and oxygen atoms in total. The van der Waals surface area contributed by atoms with Crippen LogP contribution in [0, 0.1) is 0 Å². The van der Waals surface area contributed by atoms with E-state index < -0.39 is 0 Å². The van der Waals surface area contributed by atoms with E-state index in [4.69, 9.17) is 4.74 Å². The summed E-state index contributed by atoms with van der Waals surface area (Å²) in [6.07, 6.45) is 6.98. The predicted octanol–water partition coefficient (Wildman–Crippen LogP) is 1.32. The van der Waals surface area contributed by atoms with Crippen LogP contribution in [0.5, 0.6) is 5.75 Å². The molecule has 1 aliphatic rings. The molecule has 0 amide bonds. The van der Waals surface area contributed by atoms with E-state index in [0.717, 1.165) is 43.9 Å². The zero-order chi connectivity index (χ0) is 15.6. The van der Waals surface area contributed by atoms with Crippen molar-refractivity contribution in [3.05, 3.63) is 24.5 Å². The number of guanidine groups is 1. The molecule has 1 fully saturated rings. The number of hydrogen-bond acceptors (Lipinski definition) is 4. The zero-order valence-electron chi connectivity index (χ0n) is 13.2. The van der Waals surface area contributed by atoms with Crippen molar-refractivity contribution in [2.24, 2.45) is 4.99 Å². The van der Waals surface area contributed by atoms with Crippen molar-refractivity contribution in [2.45, 2.75) is 44.8 Å². The molecule has 1 aromatic heterocycles. The van der Waals surface area contributed by atoms with Crippen molar-refractivity contribution in [3.63, 3.8) is 0 Å². The summed E-state index contributed by atoms with van der Waals surface area (Å²) < 4.78 is 5.58. The number of aliphatic hydroxyl groups is 1. The molecule has 1 saturated carbocycles. The number of hydrogen-bond donors (Lipinski definition) is 3. The molecular weight excluding hydrogens is 280 g/mol. The van der Waals surface area contributed by atoms with Crippen molar-refractivity contribution < 1.29 is 9.84 Å². The minimum atomic E-state index is -0.134. The van der Waals surface area contributed by atoms with Gasteiger partial charge < -0.3 is 20.5 Å². The van der Waals surface area contributed by atoms with Crippen LogP contribution in [0.4, 0.5) is 0 Å². The monoisotopic (exact) mass is 306 g/mol.